The molecule has 0 aromatic rings. The first kappa shape index (κ1) is 12.9. The van der Waals surface area contributed by atoms with Crippen LogP contribution in [-0.4, -0.2) is 12.6 Å². The smallest absolute Gasteiger partial charge is 0.0876 e. The van der Waals surface area contributed by atoms with Gasteiger partial charge < -0.3 is 10.5 Å². The average molecular weight is 237 g/mol. The molecule has 0 radical (unpaired) electrons. The van der Waals surface area contributed by atoms with Crippen LogP contribution < -0.4 is 5.73 Å². The van der Waals surface area contributed by atoms with E-state index in [1.165, 1.54) is 44.1 Å². The van der Waals surface area contributed by atoms with Gasteiger partial charge in [0.05, 0.1) is 12.9 Å². The van der Waals surface area contributed by atoms with Gasteiger partial charge in [-0.1, -0.05) is 32.6 Å². The molecule has 1 aliphatic carbocycles. The summed E-state index contributed by atoms with van der Waals surface area (Å²) in [4.78, 5) is 0. The second kappa shape index (κ2) is 6.44. The van der Waals surface area contributed by atoms with E-state index < -0.39 is 0 Å². The molecule has 0 bridgehead atoms. The summed E-state index contributed by atoms with van der Waals surface area (Å²) in [7, 11) is 0. The minimum atomic E-state index is 0.262. The fourth-order valence-corrected chi connectivity index (χ4v) is 3.38. The number of ether oxygens (including phenoxy) is 1. The van der Waals surface area contributed by atoms with Crippen LogP contribution in [0, 0.1) is 11.8 Å². The maximum atomic E-state index is 6.39. The molecular formula is C15H27NO. The van der Waals surface area contributed by atoms with E-state index in [2.05, 4.69) is 6.92 Å². The second-order valence-corrected chi connectivity index (χ2v) is 5.76. The summed E-state index contributed by atoms with van der Waals surface area (Å²) in [5, 5.41) is 0. The van der Waals surface area contributed by atoms with E-state index in [4.69, 9.17) is 10.5 Å². The molecule has 1 saturated carbocycles. The van der Waals surface area contributed by atoms with E-state index >= 15 is 0 Å². The molecule has 1 unspecified atom stereocenters. The van der Waals surface area contributed by atoms with Crippen molar-refractivity contribution < 1.29 is 4.74 Å². The molecule has 0 amide bonds. The van der Waals surface area contributed by atoms with Crippen molar-refractivity contribution in [2.24, 2.45) is 17.6 Å². The number of hydrogen-bond donors (Lipinski definition) is 1. The minimum absolute atomic E-state index is 0.262. The van der Waals surface area contributed by atoms with Crippen molar-refractivity contribution in [1.82, 2.24) is 0 Å². The Morgan fingerprint density at radius 2 is 2.12 bits per heavy atom. The van der Waals surface area contributed by atoms with Gasteiger partial charge in [-0.15, -0.1) is 0 Å². The highest BCUT2D eigenvalue weighted by atomic mass is 16.5. The van der Waals surface area contributed by atoms with E-state index in [0.29, 0.717) is 5.92 Å². The van der Waals surface area contributed by atoms with Gasteiger partial charge >= 0.3 is 0 Å². The van der Waals surface area contributed by atoms with E-state index in [0.717, 1.165) is 25.4 Å². The van der Waals surface area contributed by atoms with E-state index in [9.17, 15) is 0 Å². The van der Waals surface area contributed by atoms with Crippen LogP contribution in [-0.2, 0) is 4.74 Å². The van der Waals surface area contributed by atoms with Crippen LogP contribution in [0.3, 0.4) is 0 Å². The van der Waals surface area contributed by atoms with Crippen LogP contribution in [0.5, 0.6) is 0 Å². The number of rotatable bonds is 4. The summed E-state index contributed by atoms with van der Waals surface area (Å²) in [5.74, 6) is 1.68. The summed E-state index contributed by atoms with van der Waals surface area (Å²) in [5.41, 5.74) is 7.75. The molecule has 1 aliphatic heterocycles. The Hall–Kier alpha value is -0.500. The lowest BCUT2D eigenvalue weighted by atomic mass is 9.75. The third kappa shape index (κ3) is 3.48. The summed E-state index contributed by atoms with van der Waals surface area (Å²) >= 11 is 0. The summed E-state index contributed by atoms with van der Waals surface area (Å²) in [6.45, 7) is 3.17. The third-order valence-electron chi connectivity index (χ3n) is 4.49. The fraction of sp³-hybridized carbons (Fsp3) is 0.867. The first-order chi connectivity index (χ1) is 8.31. The average Bonchev–Trinajstić information content (AvgIpc) is 2.40. The lowest BCUT2D eigenvalue weighted by Gasteiger charge is -2.33. The second-order valence-electron chi connectivity index (χ2n) is 5.76. The number of nitrogens with two attached hydrogens (primary N) is 1. The Labute approximate surface area is 106 Å². The van der Waals surface area contributed by atoms with Gasteiger partial charge in [-0.25, -0.2) is 0 Å². The van der Waals surface area contributed by atoms with Crippen molar-refractivity contribution >= 4 is 0 Å². The number of hydrogen-bond acceptors (Lipinski definition) is 2. The molecule has 2 N–H and O–H groups in total. The highest BCUT2D eigenvalue weighted by Gasteiger charge is 2.27. The van der Waals surface area contributed by atoms with Gasteiger partial charge in [0.2, 0.25) is 0 Å². The van der Waals surface area contributed by atoms with Crippen LogP contribution in [0.25, 0.3) is 0 Å². The van der Waals surface area contributed by atoms with Crippen molar-refractivity contribution in [1.29, 1.82) is 0 Å². The first-order valence-electron chi connectivity index (χ1n) is 7.37. The Morgan fingerprint density at radius 1 is 1.35 bits per heavy atom. The Bertz CT molecular complexity index is 254. The molecule has 17 heavy (non-hydrogen) atoms. The van der Waals surface area contributed by atoms with E-state index in [-0.39, 0.29) is 6.04 Å². The topological polar surface area (TPSA) is 35.2 Å². The Balaban J connectivity index is 1.81. The fourth-order valence-electron chi connectivity index (χ4n) is 3.38. The third-order valence-corrected chi connectivity index (χ3v) is 4.49. The minimum Gasteiger partial charge on any atom is -0.501 e. The maximum absolute atomic E-state index is 6.39. The van der Waals surface area contributed by atoms with E-state index in [1.807, 2.05) is 6.26 Å². The van der Waals surface area contributed by atoms with Crippen LogP contribution in [0.1, 0.15) is 58.3 Å². The van der Waals surface area contributed by atoms with Crippen molar-refractivity contribution in [2.75, 3.05) is 6.61 Å². The molecular weight excluding hydrogens is 210 g/mol. The van der Waals surface area contributed by atoms with Crippen molar-refractivity contribution in [3.63, 3.8) is 0 Å². The molecule has 1 atom stereocenters. The maximum Gasteiger partial charge on any atom is 0.0876 e. The molecule has 1 heterocycles. The lowest BCUT2D eigenvalue weighted by Crippen LogP contribution is -2.35. The summed E-state index contributed by atoms with van der Waals surface area (Å²) < 4.78 is 5.41. The molecule has 0 aromatic heterocycles. The zero-order valence-electron chi connectivity index (χ0n) is 11.2. The Kier molecular flexibility index (Phi) is 4.90. The molecule has 98 valence electrons. The highest BCUT2D eigenvalue weighted by molar-refractivity contribution is 5.11. The Morgan fingerprint density at radius 3 is 2.71 bits per heavy atom. The van der Waals surface area contributed by atoms with Crippen LogP contribution in [0.15, 0.2) is 11.8 Å². The molecule has 2 aliphatic rings. The standard InChI is InChI=1S/C15H27NO/c1-2-4-12-6-8-13(9-7-12)15(16)14-5-3-10-17-11-14/h11-13,15H,2-10,16H2,1H3. The summed E-state index contributed by atoms with van der Waals surface area (Å²) in [6.07, 6.45) is 12.4. The van der Waals surface area contributed by atoms with Gasteiger partial charge in [0.25, 0.3) is 0 Å². The molecule has 0 saturated heterocycles. The largest absolute Gasteiger partial charge is 0.501 e. The van der Waals surface area contributed by atoms with Gasteiger partial charge in [0.15, 0.2) is 0 Å². The van der Waals surface area contributed by atoms with Gasteiger partial charge in [0, 0.05) is 6.04 Å². The first-order valence-corrected chi connectivity index (χ1v) is 7.37. The van der Waals surface area contributed by atoms with Crippen molar-refractivity contribution in [3.8, 4) is 0 Å². The molecule has 2 nitrogen and oxygen atoms in total. The lowest BCUT2D eigenvalue weighted by molar-refractivity contribution is 0.204. The van der Waals surface area contributed by atoms with Gasteiger partial charge in [-0.3, -0.25) is 0 Å². The molecule has 2 rings (SSSR count). The zero-order valence-corrected chi connectivity index (χ0v) is 11.2. The molecule has 1 fully saturated rings. The quantitative estimate of drug-likeness (QED) is 0.810. The van der Waals surface area contributed by atoms with E-state index in [1.54, 1.807) is 0 Å². The van der Waals surface area contributed by atoms with Crippen LogP contribution >= 0.6 is 0 Å². The molecule has 0 spiro atoms. The van der Waals surface area contributed by atoms with Crippen molar-refractivity contribution in [3.05, 3.63) is 11.8 Å². The predicted octanol–water partition coefficient (Wildman–Crippen LogP) is 3.61. The van der Waals surface area contributed by atoms with Gasteiger partial charge in [-0.2, -0.15) is 0 Å². The van der Waals surface area contributed by atoms with Crippen LogP contribution in [0.2, 0.25) is 0 Å². The van der Waals surface area contributed by atoms with Gasteiger partial charge in [0.1, 0.15) is 0 Å². The van der Waals surface area contributed by atoms with Crippen molar-refractivity contribution in [2.45, 2.75) is 64.3 Å². The normalized spacial score (nSPS) is 31.5. The molecule has 0 aromatic carbocycles. The summed E-state index contributed by atoms with van der Waals surface area (Å²) in [6, 6.07) is 0.262. The highest BCUT2D eigenvalue weighted by Crippen LogP contribution is 2.35. The monoisotopic (exact) mass is 237 g/mol. The molecule has 2 heteroatoms. The van der Waals surface area contributed by atoms with Gasteiger partial charge in [-0.05, 0) is 43.1 Å². The SMILES string of the molecule is CCCC1CCC(C(N)C2=COCCC2)CC1. The van der Waals surface area contributed by atoms with Crippen LogP contribution in [0.4, 0.5) is 0 Å². The zero-order chi connectivity index (χ0) is 12.1. The predicted molar refractivity (Wildman–Crippen MR) is 71.6 cm³/mol.